The Balaban J connectivity index is 1.81. The van der Waals surface area contributed by atoms with Gasteiger partial charge in [0.1, 0.15) is 0 Å². The zero-order valence-corrected chi connectivity index (χ0v) is 19.0. The number of aromatic amines is 1. The van der Waals surface area contributed by atoms with Gasteiger partial charge in [0.15, 0.2) is 16.3 Å². The van der Waals surface area contributed by atoms with Crippen molar-refractivity contribution in [3.63, 3.8) is 0 Å². The van der Waals surface area contributed by atoms with Gasteiger partial charge in [-0.15, -0.1) is 6.58 Å². The Morgan fingerprint density at radius 3 is 2.18 bits per heavy atom. The largest absolute Gasteiger partial charge is 0.493 e. The second-order valence-electron chi connectivity index (χ2n) is 6.72. The number of aromatic nitrogens is 2. The SMILES string of the molecule is C=CCn1c(=S)[nH]c2cc(C(=O)NNC(=O)c3cc(OC)c(OC)c(OC)c3)ccc2c1=O. The zero-order valence-electron chi connectivity index (χ0n) is 18.2. The number of hydrogen-bond donors (Lipinski definition) is 3. The molecule has 11 heteroatoms. The summed E-state index contributed by atoms with van der Waals surface area (Å²) in [5.74, 6) is -0.274. The van der Waals surface area contributed by atoms with E-state index in [0.29, 0.717) is 28.2 Å². The number of benzene rings is 2. The molecule has 0 saturated heterocycles. The second-order valence-corrected chi connectivity index (χ2v) is 7.10. The number of carbonyl (C=O) groups excluding carboxylic acids is 2. The number of nitrogens with one attached hydrogen (secondary N) is 3. The Bertz CT molecular complexity index is 1340. The fourth-order valence-corrected chi connectivity index (χ4v) is 3.43. The van der Waals surface area contributed by atoms with Crippen molar-refractivity contribution in [2.45, 2.75) is 6.54 Å². The average Bonchev–Trinajstić information content (AvgIpc) is 2.83. The highest BCUT2D eigenvalue weighted by Crippen LogP contribution is 2.38. The van der Waals surface area contributed by atoms with Crippen molar-refractivity contribution in [3.05, 3.63) is 69.2 Å². The molecular weight excluding hydrogens is 448 g/mol. The molecule has 0 aliphatic carbocycles. The third-order valence-corrected chi connectivity index (χ3v) is 5.09. The maximum atomic E-state index is 12.6. The molecule has 0 saturated carbocycles. The van der Waals surface area contributed by atoms with Gasteiger partial charge in [0.05, 0.1) is 32.2 Å². The molecule has 0 aliphatic heterocycles. The predicted octanol–water partition coefficient (Wildman–Crippen LogP) is 2.35. The van der Waals surface area contributed by atoms with Gasteiger partial charge >= 0.3 is 0 Å². The first-order valence-electron chi connectivity index (χ1n) is 9.63. The minimum Gasteiger partial charge on any atom is -0.493 e. The Morgan fingerprint density at radius 2 is 1.64 bits per heavy atom. The number of hydrogen-bond acceptors (Lipinski definition) is 7. The zero-order chi connectivity index (χ0) is 24.1. The molecule has 172 valence electrons. The van der Waals surface area contributed by atoms with Gasteiger partial charge in [-0.05, 0) is 42.5 Å². The summed E-state index contributed by atoms with van der Waals surface area (Å²) in [6.07, 6.45) is 1.56. The first-order chi connectivity index (χ1) is 15.8. The summed E-state index contributed by atoms with van der Waals surface area (Å²) in [4.78, 5) is 40.7. The lowest BCUT2D eigenvalue weighted by atomic mass is 10.1. The van der Waals surface area contributed by atoms with Crippen molar-refractivity contribution in [1.82, 2.24) is 20.4 Å². The van der Waals surface area contributed by atoms with Crippen molar-refractivity contribution in [2.24, 2.45) is 0 Å². The fraction of sp³-hybridized carbons (Fsp3) is 0.182. The summed E-state index contributed by atoms with van der Waals surface area (Å²) in [6, 6.07) is 7.37. The van der Waals surface area contributed by atoms with E-state index in [9.17, 15) is 14.4 Å². The van der Waals surface area contributed by atoms with E-state index in [0.717, 1.165) is 0 Å². The molecular formula is C22H22N4O6S. The predicted molar refractivity (Wildman–Crippen MR) is 125 cm³/mol. The molecule has 1 aromatic heterocycles. The Labute approximate surface area is 193 Å². The summed E-state index contributed by atoms with van der Waals surface area (Å²) < 4.78 is 17.3. The second kappa shape index (κ2) is 10.0. The van der Waals surface area contributed by atoms with Crippen molar-refractivity contribution in [2.75, 3.05) is 21.3 Å². The van der Waals surface area contributed by atoms with Crippen LogP contribution in [0.3, 0.4) is 0 Å². The summed E-state index contributed by atoms with van der Waals surface area (Å²) in [5.41, 5.74) is 5.16. The molecule has 2 aromatic carbocycles. The highest BCUT2D eigenvalue weighted by molar-refractivity contribution is 7.71. The van der Waals surface area contributed by atoms with E-state index >= 15 is 0 Å². The van der Waals surface area contributed by atoms with Crippen LogP contribution in [0.1, 0.15) is 20.7 Å². The van der Waals surface area contributed by atoms with Gasteiger partial charge < -0.3 is 19.2 Å². The molecule has 2 amide bonds. The number of amides is 2. The molecule has 0 atom stereocenters. The smallest absolute Gasteiger partial charge is 0.269 e. The number of ether oxygens (including phenoxy) is 3. The van der Waals surface area contributed by atoms with Crippen molar-refractivity contribution in [3.8, 4) is 17.2 Å². The maximum Gasteiger partial charge on any atom is 0.269 e. The van der Waals surface area contributed by atoms with Crippen LogP contribution in [-0.2, 0) is 6.54 Å². The maximum absolute atomic E-state index is 12.6. The van der Waals surface area contributed by atoms with Crippen LogP contribution in [0.2, 0.25) is 0 Å². The van der Waals surface area contributed by atoms with Gasteiger partial charge in [0.25, 0.3) is 17.4 Å². The number of carbonyl (C=O) groups is 2. The standard InChI is InChI=1S/C22H22N4O6S/c1-5-8-26-21(29)14-7-6-12(9-15(14)23-22(26)33)19(27)24-25-20(28)13-10-16(30-2)18(32-4)17(11-13)31-3/h5-7,9-11H,1,8H2,2-4H3,(H,23,33)(H,24,27)(H,25,28). The summed E-state index contributed by atoms with van der Waals surface area (Å²) in [6.45, 7) is 3.88. The number of methoxy groups -OCH3 is 3. The molecule has 0 radical (unpaired) electrons. The Morgan fingerprint density at radius 1 is 1.03 bits per heavy atom. The molecule has 33 heavy (non-hydrogen) atoms. The van der Waals surface area contributed by atoms with Crippen LogP contribution >= 0.6 is 12.2 Å². The summed E-state index contributed by atoms with van der Waals surface area (Å²) in [7, 11) is 4.31. The first kappa shape index (κ1) is 23.5. The molecule has 3 aromatic rings. The number of fused-ring (bicyclic) bond motifs is 1. The lowest BCUT2D eigenvalue weighted by molar-refractivity contribution is 0.0846. The number of allylic oxidation sites excluding steroid dienone is 1. The van der Waals surface area contributed by atoms with E-state index in [1.807, 2.05) is 0 Å². The quantitative estimate of drug-likeness (QED) is 0.275. The number of hydrazine groups is 1. The molecule has 0 unspecified atom stereocenters. The minimum atomic E-state index is -0.602. The van der Waals surface area contributed by atoms with Crippen molar-refractivity contribution < 1.29 is 23.8 Å². The Hall–Kier alpha value is -4.12. The lowest BCUT2D eigenvalue weighted by Crippen LogP contribution is -2.41. The molecule has 0 spiro atoms. The van der Waals surface area contributed by atoms with Crippen LogP contribution < -0.4 is 30.6 Å². The van der Waals surface area contributed by atoms with Gasteiger partial charge in [0, 0.05) is 17.7 Å². The molecule has 3 N–H and O–H groups in total. The number of nitrogens with zero attached hydrogens (tertiary/aromatic N) is 1. The van der Waals surface area contributed by atoms with Crippen molar-refractivity contribution in [1.29, 1.82) is 0 Å². The van der Waals surface area contributed by atoms with Gasteiger partial charge in [-0.1, -0.05) is 6.08 Å². The normalized spacial score (nSPS) is 10.4. The highest BCUT2D eigenvalue weighted by atomic mass is 32.1. The first-order valence-corrected chi connectivity index (χ1v) is 10.0. The van der Waals surface area contributed by atoms with Crippen LogP contribution in [0.15, 0.2) is 47.8 Å². The van der Waals surface area contributed by atoms with Gasteiger partial charge in [-0.3, -0.25) is 29.8 Å². The van der Waals surface area contributed by atoms with Crippen LogP contribution in [0.5, 0.6) is 17.2 Å². The van der Waals surface area contributed by atoms with Crippen LogP contribution in [-0.4, -0.2) is 42.7 Å². The van der Waals surface area contributed by atoms with Crippen LogP contribution in [0.25, 0.3) is 10.9 Å². The number of rotatable bonds is 7. The molecule has 0 aliphatic rings. The number of H-pyrrole nitrogens is 1. The third kappa shape index (κ3) is 4.72. The van der Waals surface area contributed by atoms with Crippen LogP contribution in [0, 0.1) is 4.77 Å². The van der Waals surface area contributed by atoms with E-state index in [4.69, 9.17) is 26.4 Å². The average molecular weight is 471 g/mol. The van der Waals surface area contributed by atoms with E-state index in [1.54, 1.807) is 6.08 Å². The minimum absolute atomic E-state index is 0.176. The van der Waals surface area contributed by atoms with E-state index in [2.05, 4.69) is 22.4 Å². The monoisotopic (exact) mass is 470 g/mol. The molecule has 10 nitrogen and oxygen atoms in total. The van der Waals surface area contributed by atoms with Gasteiger partial charge in [0.2, 0.25) is 5.75 Å². The molecule has 0 fully saturated rings. The third-order valence-electron chi connectivity index (χ3n) is 4.77. The lowest BCUT2D eigenvalue weighted by Gasteiger charge is -2.14. The summed E-state index contributed by atoms with van der Waals surface area (Å²) in [5, 5.41) is 0.364. The van der Waals surface area contributed by atoms with Gasteiger partial charge in [-0.25, -0.2) is 0 Å². The topological polar surface area (TPSA) is 124 Å². The fourth-order valence-electron chi connectivity index (χ4n) is 3.16. The van der Waals surface area contributed by atoms with E-state index in [-0.39, 0.29) is 28.0 Å². The molecule has 3 rings (SSSR count). The van der Waals surface area contributed by atoms with Gasteiger partial charge in [-0.2, -0.15) is 0 Å². The molecule has 1 heterocycles. The summed E-state index contributed by atoms with van der Waals surface area (Å²) >= 11 is 5.21. The van der Waals surface area contributed by atoms with Crippen molar-refractivity contribution >= 4 is 34.9 Å². The highest BCUT2D eigenvalue weighted by Gasteiger charge is 2.18. The molecule has 0 bridgehead atoms. The van der Waals surface area contributed by atoms with E-state index in [1.165, 1.54) is 56.2 Å². The Kier molecular flexibility index (Phi) is 7.13. The van der Waals surface area contributed by atoms with Crippen LogP contribution in [0.4, 0.5) is 0 Å². The van der Waals surface area contributed by atoms with E-state index < -0.39 is 11.8 Å².